The lowest BCUT2D eigenvalue weighted by Crippen LogP contribution is -2.22. The second-order valence-corrected chi connectivity index (χ2v) is 9.35. The number of ether oxygens (including phenoxy) is 1. The molecule has 10 heteroatoms. The fourth-order valence-electron chi connectivity index (χ4n) is 4.14. The van der Waals surface area contributed by atoms with Crippen LogP contribution in [-0.4, -0.2) is 0 Å². The number of hydrogen-bond donors (Lipinski definition) is 0. The van der Waals surface area contributed by atoms with Crippen molar-refractivity contribution in [2.75, 3.05) is 0 Å². The minimum atomic E-state index is -3.95. The third kappa shape index (κ3) is 6.90. The molecule has 4 rings (SSSR count). The van der Waals surface area contributed by atoms with Crippen LogP contribution in [0.4, 0.5) is 39.5 Å². The molecule has 0 aliphatic heterocycles. The summed E-state index contributed by atoms with van der Waals surface area (Å²) in [6.07, 6.45) is -0.340. The van der Waals surface area contributed by atoms with Crippen molar-refractivity contribution in [3.05, 3.63) is 124 Å². The zero-order chi connectivity index (χ0) is 30.6. The van der Waals surface area contributed by atoms with E-state index in [1.165, 1.54) is 12.1 Å². The van der Waals surface area contributed by atoms with Crippen molar-refractivity contribution in [3.63, 3.8) is 0 Å². The summed E-state index contributed by atoms with van der Waals surface area (Å²) in [5.41, 5.74) is -2.58. The molecule has 0 amide bonds. The molecule has 0 aromatic heterocycles. The van der Waals surface area contributed by atoms with Crippen LogP contribution in [0.2, 0.25) is 0 Å². The van der Waals surface area contributed by atoms with Gasteiger partial charge in [-0.2, -0.15) is 8.78 Å². The first-order valence-electron chi connectivity index (χ1n) is 12.7. The molecular formula is C32H21F9O. The third-order valence-electron chi connectivity index (χ3n) is 6.27. The Bertz CT molecular complexity index is 1600. The molecule has 0 heterocycles. The number of rotatable bonds is 8. The third-order valence-corrected chi connectivity index (χ3v) is 6.27. The SMILES string of the molecule is CCCCCc1ccc(C(F)(F)Oc2cc(F)c(-c3cc(F)c(C#Cc4cc(F)c(F)c(F)c4)c(F)c3)c(F)c2)cc1. The molecule has 4 aromatic carbocycles. The van der Waals surface area contributed by atoms with E-state index >= 15 is 0 Å². The van der Waals surface area contributed by atoms with Gasteiger partial charge in [-0.25, -0.2) is 30.7 Å². The first-order chi connectivity index (χ1) is 19.9. The summed E-state index contributed by atoms with van der Waals surface area (Å²) in [4.78, 5) is 0. The zero-order valence-electron chi connectivity index (χ0n) is 21.9. The van der Waals surface area contributed by atoms with Crippen molar-refractivity contribution in [3.8, 4) is 28.7 Å². The highest BCUT2D eigenvalue weighted by molar-refractivity contribution is 5.67. The number of halogens is 9. The highest BCUT2D eigenvalue weighted by atomic mass is 19.3. The van der Waals surface area contributed by atoms with Gasteiger partial charge in [-0.1, -0.05) is 43.7 Å². The van der Waals surface area contributed by atoms with Gasteiger partial charge in [0.2, 0.25) is 0 Å². The Kier molecular flexibility index (Phi) is 9.20. The largest absolute Gasteiger partial charge is 0.429 e. The van der Waals surface area contributed by atoms with E-state index in [2.05, 4.69) is 10.7 Å². The number of hydrogen-bond acceptors (Lipinski definition) is 1. The highest BCUT2D eigenvalue weighted by Crippen LogP contribution is 2.36. The summed E-state index contributed by atoms with van der Waals surface area (Å²) in [6.45, 7) is 2.04. The quantitative estimate of drug-likeness (QED) is 0.0857. The van der Waals surface area contributed by atoms with Crippen LogP contribution in [0.1, 0.15) is 48.4 Å². The van der Waals surface area contributed by atoms with Gasteiger partial charge in [-0.05, 0) is 60.4 Å². The molecule has 0 spiro atoms. The van der Waals surface area contributed by atoms with E-state index in [1.807, 2.05) is 12.8 Å². The zero-order valence-corrected chi connectivity index (χ0v) is 21.9. The molecule has 0 fully saturated rings. The lowest BCUT2D eigenvalue weighted by molar-refractivity contribution is -0.185. The van der Waals surface area contributed by atoms with Crippen LogP contribution >= 0.6 is 0 Å². The topological polar surface area (TPSA) is 9.23 Å². The van der Waals surface area contributed by atoms with E-state index in [0.29, 0.717) is 42.8 Å². The lowest BCUT2D eigenvalue weighted by Gasteiger charge is -2.19. The Morgan fingerprint density at radius 1 is 0.667 bits per heavy atom. The molecule has 0 saturated heterocycles. The summed E-state index contributed by atoms with van der Waals surface area (Å²) >= 11 is 0. The predicted octanol–water partition coefficient (Wildman–Crippen LogP) is 9.59. The Morgan fingerprint density at radius 2 is 1.24 bits per heavy atom. The normalized spacial score (nSPS) is 11.3. The van der Waals surface area contributed by atoms with Gasteiger partial charge in [-0.15, -0.1) is 0 Å². The molecular weight excluding hydrogens is 571 g/mol. The number of aryl methyl sites for hydroxylation is 1. The summed E-state index contributed by atoms with van der Waals surface area (Å²) in [5, 5.41) is 0. The first-order valence-corrected chi connectivity index (χ1v) is 12.7. The van der Waals surface area contributed by atoms with Gasteiger partial charge in [0.1, 0.15) is 29.0 Å². The van der Waals surface area contributed by atoms with Gasteiger partial charge in [0.15, 0.2) is 17.5 Å². The van der Waals surface area contributed by atoms with Crippen LogP contribution in [-0.2, 0) is 12.5 Å². The van der Waals surface area contributed by atoms with Crippen LogP contribution in [0.5, 0.6) is 5.75 Å². The average Bonchev–Trinajstić information content (AvgIpc) is 2.91. The number of unbranched alkanes of at least 4 members (excludes halogenated alkanes) is 2. The van der Waals surface area contributed by atoms with Gasteiger partial charge in [0, 0.05) is 17.7 Å². The van der Waals surface area contributed by atoms with E-state index < -0.39 is 80.4 Å². The average molecular weight is 593 g/mol. The molecule has 0 radical (unpaired) electrons. The molecule has 4 aromatic rings. The van der Waals surface area contributed by atoms with Crippen LogP contribution < -0.4 is 4.74 Å². The number of alkyl halides is 2. The molecule has 0 unspecified atom stereocenters. The van der Waals surface area contributed by atoms with Crippen molar-refractivity contribution in [2.45, 2.75) is 38.7 Å². The molecule has 42 heavy (non-hydrogen) atoms. The standard InChI is InChI=1S/C32H21F9O/c1-2-3-4-5-18-6-9-21(10-7-18)32(40,41)42-22-16-26(35)30(27(36)17-22)20-14-24(33)23(25(34)15-20)11-8-19-12-28(37)31(39)29(38)13-19/h6-7,9-10,12-17H,2-5H2,1H3. The van der Waals surface area contributed by atoms with E-state index in [1.54, 1.807) is 0 Å². The Hall–Kier alpha value is -4.39. The van der Waals surface area contributed by atoms with E-state index in [4.69, 9.17) is 0 Å². The molecule has 0 saturated carbocycles. The Labute approximate surface area is 235 Å². The Morgan fingerprint density at radius 3 is 1.79 bits per heavy atom. The second-order valence-electron chi connectivity index (χ2n) is 9.35. The molecule has 0 bridgehead atoms. The van der Waals surface area contributed by atoms with Gasteiger partial charge in [0.25, 0.3) is 0 Å². The van der Waals surface area contributed by atoms with Crippen molar-refractivity contribution in [2.24, 2.45) is 0 Å². The maximum Gasteiger partial charge on any atom is 0.426 e. The highest BCUT2D eigenvalue weighted by Gasteiger charge is 2.35. The smallest absolute Gasteiger partial charge is 0.426 e. The molecule has 218 valence electrons. The van der Waals surface area contributed by atoms with Crippen molar-refractivity contribution >= 4 is 0 Å². The fourth-order valence-corrected chi connectivity index (χ4v) is 4.14. The van der Waals surface area contributed by atoms with Crippen molar-refractivity contribution < 1.29 is 44.3 Å². The van der Waals surface area contributed by atoms with Crippen LogP contribution in [0.15, 0.2) is 60.7 Å². The van der Waals surface area contributed by atoms with Gasteiger partial charge < -0.3 is 4.74 Å². The van der Waals surface area contributed by atoms with Crippen molar-refractivity contribution in [1.82, 2.24) is 0 Å². The summed E-state index contributed by atoms with van der Waals surface area (Å²) in [6, 6.07) is 8.34. The molecule has 0 atom stereocenters. The lowest BCUT2D eigenvalue weighted by atomic mass is 10.0. The minimum Gasteiger partial charge on any atom is -0.429 e. The molecule has 0 aliphatic carbocycles. The van der Waals surface area contributed by atoms with Crippen LogP contribution in [0, 0.1) is 52.6 Å². The van der Waals surface area contributed by atoms with Crippen LogP contribution in [0.3, 0.4) is 0 Å². The Balaban J connectivity index is 1.57. The maximum atomic E-state index is 14.9. The fraction of sp³-hybridized carbons (Fsp3) is 0.188. The first kappa shape index (κ1) is 30.6. The molecule has 0 aliphatic rings. The monoisotopic (exact) mass is 592 g/mol. The second kappa shape index (κ2) is 12.6. The van der Waals surface area contributed by atoms with Gasteiger partial charge >= 0.3 is 6.11 Å². The van der Waals surface area contributed by atoms with Gasteiger partial charge in [-0.3, -0.25) is 0 Å². The minimum absolute atomic E-state index is 0.429. The predicted molar refractivity (Wildman–Crippen MR) is 138 cm³/mol. The van der Waals surface area contributed by atoms with Crippen molar-refractivity contribution in [1.29, 1.82) is 0 Å². The molecule has 0 N–H and O–H groups in total. The summed E-state index contributed by atoms with van der Waals surface area (Å²) in [5.74, 6) is -7.33. The van der Waals surface area contributed by atoms with Crippen LogP contribution in [0.25, 0.3) is 11.1 Å². The number of benzene rings is 4. The summed E-state index contributed by atoms with van der Waals surface area (Å²) in [7, 11) is 0. The van der Waals surface area contributed by atoms with E-state index in [0.717, 1.165) is 37.0 Å². The van der Waals surface area contributed by atoms with E-state index in [9.17, 15) is 39.5 Å². The molecule has 1 nitrogen and oxygen atoms in total. The maximum absolute atomic E-state index is 14.9. The van der Waals surface area contributed by atoms with E-state index in [-0.39, 0.29) is 0 Å². The summed E-state index contributed by atoms with van der Waals surface area (Å²) < 4.78 is 133. The van der Waals surface area contributed by atoms with Gasteiger partial charge in [0.05, 0.1) is 16.7 Å².